The molecule has 0 aromatic rings. The third kappa shape index (κ3) is 31.3. The molecule has 0 amide bonds. The minimum absolute atomic E-state index is 0.130. The van der Waals surface area contributed by atoms with Crippen molar-refractivity contribution in [3.05, 3.63) is 12.2 Å². The van der Waals surface area contributed by atoms with E-state index in [-0.39, 0.29) is 12.2 Å². The second-order valence-electron chi connectivity index (χ2n) is 12.0. The van der Waals surface area contributed by atoms with Crippen LogP contribution in [0, 0.1) is 0 Å². The first-order valence-electron chi connectivity index (χ1n) is 16.8. The quantitative estimate of drug-likeness (QED) is 0.0526. The molecule has 0 bridgehead atoms. The second kappa shape index (κ2) is 29.9. The Kier molecular flexibility index (Phi) is 29.1. The first-order chi connectivity index (χ1) is 19.0. The van der Waals surface area contributed by atoms with E-state index in [1.54, 1.807) is 0 Å². The van der Waals surface area contributed by atoms with Crippen molar-refractivity contribution in [2.75, 3.05) is 20.6 Å². The fourth-order valence-electron chi connectivity index (χ4n) is 5.26. The van der Waals surface area contributed by atoms with Crippen LogP contribution in [0.4, 0.5) is 4.79 Å². The molecule has 5 heteroatoms. The maximum absolute atomic E-state index is 11.0. The van der Waals surface area contributed by atoms with Gasteiger partial charge >= 0.3 is 6.16 Å². The van der Waals surface area contributed by atoms with Crippen molar-refractivity contribution in [1.82, 2.24) is 4.90 Å². The maximum Gasteiger partial charge on any atom is 0.506 e. The van der Waals surface area contributed by atoms with Crippen molar-refractivity contribution in [2.45, 2.75) is 180 Å². The van der Waals surface area contributed by atoms with Crippen LogP contribution in [0.2, 0.25) is 0 Å². The Balaban J connectivity index is 3.59. The van der Waals surface area contributed by atoms with Gasteiger partial charge in [0.05, 0.1) is 6.10 Å². The van der Waals surface area contributed by atoms with Gasteiger partial charge in [0.1, 0.15) is 6.10 Å². The van der Waals surface area contributed by atoms with Crippen molar-refractivity contribution in [1.29, 1.82) is 0 Å². The lowest BCUT2D eigenvalue weighted by Gasteiger charge is -2.15. The molecule has 0 aliphatic rings. The predicted octanol–water partition coefficient (Wildman–Crippen LogP) is 10.3. The molecule has 2 N–H and O–H groups in total. The molecule has 0 rings (SSSR count). The summed E-state index contributed by atoms with van der Waals surface area (Å²) in [5.41, 5.74) is 0. The number of aliphatic hydroxyl groups excluding tert-OH is 1. The Bertz CT molecular complexity index is 537. The summed E-state index contributed by atoms with van der Waals surface area (Å²) in [6, 6.07) is 0. The van der Waals surface area contributed by atoms with E-state index in [0.717, 1.165) is 57.8 Å². The van der Waals surface area contributed by atoms with Crippen LogP contribution < -0.4 is 0 Å². The minimum atomic E-state index is -1.13. The van der Waals surface area contributed by atoms with E-state index >= 15 is 0 Å². The van der Waals surface area contributed by atoms with Gasteiger partial charge in [-0.25, -0.2) is 4.79 Å². The number of ether oxygens (including phenoxy) is 1. The highest BCUT2D eigenvalue weighted by atomic mass is 16.7. The summed E-state index contributed by atoms with van der Waals surface area (Å²) in [7, 11) is 4.28. The maximum atomic E-state index is 11.0. The third-order valence-corrected chi connectivity index (χ3v) is 7.76. The van der Waals surface area contributed by atoms with E-state index < -0.39 is 6.16 Å². The molecule has 5 nitrogen and oxygen atoms in total. The average molecular weight is 554 g/mol. The Morgan fingerprint density at radius 1 is 0.667 bits per heavy atom. The molecule has 2 atom stereocenters. The summed E-state index contributed by atoms with van der Waals surface area (Å²) in [5, 5.41) is 19.2. The number of carbonyl (C=O) groups is 1. The number of carboxylic acid groups (broad SMARTS) is 1. The van der Waals surface area contributed by atoms with Crippen LogP contribution in [-0.2, 0) is 4.74 Å². The highest BCUT2D eigenvalue weighted by Gasteiger charge is 2.13. The summed E-state index contributed by atoms with van der Waals surface area (Å²) < 4.78 is 5.15. The van der Waals surface area contributed by atoms with Crippen LogP contribution in [-0.4, -0.2) is 54.1 Å². The largest absolute Gasteiger partial charge is 0.506 e. The lowest BCUT2D eigenvalue weighted by Crippen LogP contribution is -2.16. The molecule has 232 valence electrons. The minimum Gasteiger partial charge on any atom is -0.450 e. The van der Waals surface area contributed by atoms with E-state index in [1.165, 1.54) is 109 Å². The van der Waals surface area contributed by atoms with E-state index in [4.69, 9.17) is 9.84 Å². The van der Waals surface area contributed by atoms with Crippen molar-refractivity contribution in [3.63, 3.8) is 0 Å². The Morgan fingerprint density at radius 3 is 1.64 bits per heavy atom. The van der Waals surface area contributed by atoms with Gasteiger partial charge in [-0.1, -0.05) is 122 Å². The second-order valence-corrected chi connectivity index (χ2v) is 12.0. The molecule has 0 aromatic heterocycles. The van der Waals surface area contributed by atoms with Gasteiger partial charge in [-0.3, -0.25) is 0 Å². The van der Waals surface area contributed by atoms with Crippen molar-refractivity contribution >= 4 is 6.16 Å². The van der Waals surface area contributed by atoms with E-state index in [1.807, 2.05) is 0 Å². The molecule has 0 saturated carbocycles. The fourth-order valence-corrected chi connectivity index (χ4v) is 5.26. The molecule has 1 unspecified atom stereocenters. The number of aliphatic hydroxyl groups is 1. The van der Waals surface area contributed by atoms with Gasteiger partial charge in [-0.15, -0.1) is 0 Å². The van der Waals surface area contributed by atoms with Crippen molar-refractivity contribution in [3.8, 4) is 0 Å². The lowest BCUT2D eigenvalue weighted by atomic mass is 10.0. The third-order valence-electron chi connectivity index (χ3n) is 7.76. The molecule has 0 aliphatic carbocycles. The highest BCUT2D eigenvalue weighted by Crippen LogP contribution is 2.18. The molecule has 0 saturated heterocycles. The van der Waals surface area contributed by atoms with Crippen molar-refractivity contribution in [2.24, 2.45) is 0 Å². The molecule has 0 aliphatic heterocycles. The lowest BCUT2D eigenvalue weighted by molar-refractivity contribution is 0.0422. The monoisotopic (exact) mass is 554 g/mol. The van der Waals surface area contributed by atoms with Crippen LogP contribution in [0.15, 0.2) is 12.2 Å². The number of allylic oxidation sites excluding steroid dienone is 1. The zero-order valence-electron chi connectivity index (χ0n) is 26.4. The smallest absolute Gasteiger partial charge is 0.450 e. The van der Waals surface area contributed by atoms with Gasteiger partial charge in [0.15, 0.2) is 0 Å². The summed E-state index contributed by atoms with van der Waals surface area (Å²) in [4.78, 5) is 13.3. The summed E-state index contributed by atoms with van der Waals surface area (Å²) in [6.45, 7) is 3.44. The van der Waals surface area contributed by atoms with Gasteiger partial charge in [0.25, 0.3) is 0 Å². The van der Waals surface area contributed by atoms with Crippen LogP contribution in [0.3, 0.4) is 0 Å². The Morgan fingerprint density at radius 2 is 1.13 bits per heavy atom. The zero-order chi connectivity index (χ0) is 28.8. The molecule has 0 heterocycles. The number of hydrogen-bond acceptors (Lipinski definition) is 4. The van der Waals surface area contributed by atoms with E-state index in [9.17, 15) is 9.90 Å². The van der Waals surface area contributed by atoms with Gasteiger partial charge < -0.3 is 19.8 Å². The van der Waals surface area contributed by atoms with Crippen LogP contribution in [0.5, 0.6) is 0 Å². The normalized spacial score (nSPS) is 13.4. The van der Waals surface area contributed by atoms with Crippen LogP contribution >= 0.6 is 0 Å². The SMILES string of the molecule is CCCCCCCCCCC(CCCCCCC/C=C\C[C@H](O)CCCCCCCCCN(C)C)OC(=O)O. The summed E-state index contributed by atoms with van der Waals surface area (Å²) in [5.74, 6) is 0. The number of nitrogens with zero attached hydrogens (tertiary/aromatic N) is 1. The zero-order valence-corrected chi connectivity index (χ0v) is 26.4. The Hall–Kier alpha value is -1.07. The molecule has 0 fully saturated rings. The summed E-state index contributed by atoms with van der Waals surface area (Å²) in [6.07, 6.45) is 32.4. The number of hydrogen-bond donors (Lipinski definition) is 2. The van der Waals surface area contributed by atoms with E-state index in [0.29, 0.717) is 0 Å². The first kappa shape index (κ1) is 37.9. The molecular formula is C34H67NO4. The fraction of sp³-hybridized carbons (Fsp3) is 0.912. The standard InChI is InChI=1S/C34H67NO4/c1-4-5-6-7-8-14-19-24-29-33(39-34(37)38)30-25-20-15-10-9-12-17-22-27-32(36)28-23-18-13-11-16-21-26-31-35(2)3/h17,22,32-33,36H,4-16,18-21,23-31H2,1-3H3,(H,37,38)/b22-17-/t32-,33?/m0/s1. The van der Waals surface area contributed by atoms with Gasteiger partial charge in [0, 0.05) is 0 Å². The molecule has 39 heavy (non-hydrogen) atoms. The van der Waals surface area contributed by atoms with Crippen LogP contribution in [0.25, 0.3) is 0 Å². The molecular weight excluding hydrogens is 486 g/mol. The highest BCUT2D eigenvalue weighted by molar-refractivity contribution is 5.57. The topological polar surface area (TPSA) is 70.0 Å². The molecule has 0 aromatic carbocycles. The first-order valence-corrected chi connectivity index (χ1v) is 16.8. The summed E-state index contributed by atoms with van der Waals surface area (Å²) >= 11 is 0. The molecule has 0 radical (unpaired) electrons. The number of unbranched alkanes of at least 4 members (excludes halogenated alkanes) is 18. The van der Waals surface area contributed by atoms with Gasteiger partial charge in [0.2, 0.25) is 0 Å². The average Bonchev–Trinajstić information content (AvgIpc) is 2.89. The van der Waals surface area contributed by atoms with E-state index in [2.05, 4.69) is 38.1 Å². The predicted molar refractivity (Wildman–Crippen MR) is 168 cm³/mol. The number of rotatable bonds is 30. The van der Waals surface area contributed by atoms with Gasteiger partial charge in [-0.2, -0.15) is 0 Å². The molecule has 0 spiro atoms. The van der Waals surface area contributed by atoms with Crippen molar-refractivity contribution < 1.29 is 19.7 Å². The Labute approximate surface area is 243 Å². The van der Waals surface area contributed by atoms with Crippen LogP contribution in [0.1, 0.15) is 167 Å². The van der Waals surface area contributed by atoms with Gasteiger partial charge in [-0.05, 0) is 78.4 Å².